The van der Waals surface area contributed by atoms with E-state index in [1.54, 1.807) is 25.1 Å². The van der Waals surface area contributed by atoms with Gasteiger partial charge in [0.15, 0.2) is 0 Å². The Morgan fingerprint density at radius 3 is 2.58 bits per heavy atom. The highest BCUT2D eigenvalue weighted by Crippen LogP contribution is 2.23. The molecule has 7 heteroatoms. The average molecular weight is 376 g/mol. The summed E-state index contributed by atoms with van der Waals surface area (Å²) in [6, 6.07) is 10.6. The molecule has 0 atom stereocenters. The van der Waals surface area contributed by atoms with E-state index in [-0.39, 0.29) is 23.2 Å². The summed E-state index contributed by atoms with van der Waals surface area (Å²) in [5.41, 5.74) is 1.63. The second-order valence-electron chi connectivity index (χ2n) is 6.40. The zero-order valence-electron chi connectivity index (χ0n) is 14.5. The first kappa shape index (κ1) is 18.5. The van der Waals surface area contributed by atoms with Crippen LogP contribution in [0.2, 0.25) is 0 Å². The number of rotatable bonds is 5. The van der Waals surface area contributed by atoms with Crippen LogP contribution in [-0.2, 0) is 16.6 Å². The minimum absolute atomic E-state index is 0.126. The van der Waals surface area contributed by atoms with Crippen LogP contribution in [0.3, 0.4) is 0 Å². The molecule has 1 aliphatic rings. The number of carbonyl (C=O) groups excluding carboxylic acids is 1. The van der Waals surface area contributed by atoms with E-state index in [1.165, 1.54) is 28.6 Å². The number of carbonyl (C=O) groups is 1. The molecule has 1 heterocycles. The summed E-state index contributed by atoms with van der Waals surface area (Å²) in [5, 5.41) is 2.72. The molecule has 138 valence electrons. The fraction of sp³-hybridized carbons (Fsp3) is 0.316. The summed E-state index contributed by atoms with van der Waals surface area (Å²) in [4.78, 5) is 12.6. The first-order chi connectivity index (χ1) is 12.4. The number of nitrogens with one attached hydrogen (secondary N) is 1. The van der Waals surface area contributed by atoms with Gasteiger partial charge in [-0.1, -0.05) is 18.2 Å². The average Bonchev–Trinajstić information content (AvgIpc) is 3.15. The van der Waals surface area contributed by atoms with Crippen molar-refractivity contribution in [1.29, 1.82) is 0 Å². The molecular weight excluding hydrogens is 355 g/mol. The molecule has 0 aromatic heterocycles. The molecule has 3 rings (SSSR count). The zero-order valence-corrected chi connectivity index (χ0v) is 15.4. The Hall–Kier alpha value is -2.25. The van der Waals surface area contributed by atoms with E-state index >= 15 is 0 Å². The van der Waals surface area contributed by atoms with Crippen molar-refractivity contribution in [3.63, 3.8) is 0 Å². The van der Waals surface area contributed by atoms with Crippen LogP contribution in [0.1, 0.15) is 34.3 Å². The number of hydrogen-bond donors (Lipinski definition) is 1. The van der Waals surface area contributed by atoms with Crippen molar-refractivity contribution in [1.82, 2.24) is 9.62 Å². The molecular formula is C19H21FN2O3S. The van der Waals surface area contributed by atoms with Gasteiger partial charge >= 0.3 is 0 Å². The largest absolute Gasteiger partial charge is 0.348 e. The topological polar surface area (TPSA) is 66.5 Å². The molecule has 0 spiro atoms. The number of hydrogen-bond acceptors (Lipinski definition) is 3. The van der Waals surface area contributed by atoms with Crippen molar-refractivity contribution >= 4 is 15.9 Å². The summed E-state index contributed by atoms with van der Waals surface area (Å²) < 4.78 is 40.1. The molecule has 1 saturated heterocycles. The number of amides is 1. The van der Waals surface area contributed by atoms with Gasteiger partial charge in [-0.05, 0) is 55.2 Å². The third-order valence-corrected chi connectivity index (χ3v) is 6.39. The summed E-state index contributed by atoms with van der Waals surface area (Å²) in [5.74, 6) is -0.753. The van der Waals surface area contributed by atoms with E-state index in [0.717, 1.165) is 12.8 Å². The van der Waals surface area contributed by atoms with Gasteiger partial charge in [0.05, 0.1) is 4.90 Å². The molecule has 2 aromatic rings. The maximum Gasteiger partial charge on any atom is 0.251 e. The van der Waals surface area contributed by atoms with E-state index in [1.807, 2.05) is 0 Å². The van der Waals surface area contributed by atoms with Crippen molar-refractivity contribution < 1.29 is 17.6 Å². The van der Waals surface area contributed by atoms with Gasteiger partial charge in [-0.25, -0.2) is 12.8 Å². The van der Waals surface area contributed by atoms with E-state index in [9.17, 15) is 17.6 Å². The van der Waals surface area contributed by atoms with Crippen molar-refractivity contribution in [3.8, 4) is 0 Å². The Bertz CT molecular complexity index is 922. The third kappa shape index (κ3) is 3.94. The first-order valence-corrected chi connectivity index (χ1v) is 9.95. The lowest BCUT2D eigenvalue weighted by Gasteiger charge is -2.17. The molecule has 0 saturated carbocycles. The monoisotopic (exact) mass is 376 g/mol. The first-order valence-electron chi connectivity index (χ1n) is 8.51. The van der Waals surface area contributed by atoms with E-state index < -0.39 is 10.0 Å². The maximum absolute atomic E-state index is 13.2. The van der Waals surface area contributed by atoms with Crippen LogP contribution < -0.4 is 5.32 Å². The second kappa shape index (κ2) is 7.55. The van der Waals surface area contributed by atoms with Gasteiger partial charge in [0.25, 0.3) is 5.91 Å². The molecule has 0 radical (unpaired) electrons. The molecule has 1 aliphatic heterocycles. The fourth-order valence-corrected chi connectivity index (χ4v) is 4.55. The summed E-state index contributed by atoms with van der Waals surface area (Å²) in [6.45, 7) is 2.94. The van der Waals surface area contributed by atoms with Gasteiger partial charge in [-0.15, -0.1) is 0 Å². The van der Waals surface area contributed by atoms with Gasteiger partial charge < -0.3 is 5.32 Å². The summed E-state index contributed by atoms with van der Waals surface area (Å²) in [6.07, 6.45) is 1.71. The molecule has 0 bridgehead atoms. The van der Waals surface area contributed by atoms with Gasteiger partial charge in [-0.2, -0.15) is 4.31 Å². The Kier molecular flexibility index (Phi) is 5.38. The number of benzene rings is 2. The van der Waals surface area contributed by atoms with Gasteiger partial charge in [-0.3, -0.25) is 4.79 Å². The lowest BCUT2D eigenvalue weighted by atomic mass is 10.1. The van der Waals surface area contributed by atoms with E-state index in [4.69, 9.17) is 0 Å². The van der Waals surface area contributed by atoms with Crippen LogP contribution in [0.25, 0.3) is 0 Å². The Balaban J connectivity index is 1.79. The zero-order chi connectivity index (χ0) is 18.7. The predicted molar refractivity (Wildman–Crippen MR) is 96.7 cm³/mol. The van der Waals surface area contributed by atoms with Gasteiger partial charge in [0.1, 0.15) is 5.82 Å². The highest BCUT2D eigenvalue weighted by Gasteiger charge is 2.28. The van der Waals surface area contributed by atoms with E-state index in [0.29, 0.717) is 29.8 Å². The normalized spacial score (nSPS) is 15.2. The lowest BCUT2D eigenvalue weighted by Crippen LogP contribution is -2.29. The van der Waals surface area contributed by atoms with Crippen LogP contribution in [0, 0.1) is 12.7 Å². The fourth-order valence-electron chi connectivity index (χ4n) is 3.01. The molecule has 1 amide bonds. The number of aryl methyl sites for hydroxylation is 1. The van der Waals surface area contributed by atoms with Crippen LogP contribution in [0.4, 0.5) is 4.39 Å². The Morgan fingerprint density at radius 2 is 1.88 bits per heavy atom. The highest BCUT2D eigenvalue weighted by atomic mass is 32.2. The molecule has 0 unspecified atom stereocenters. The van der Waals surface area contributed by atoms with Crippen molar-refractivity contribution in [2.24, 2.45) is 0 Å². The quantitative estimate of drug-likeness (QED) is 0.873. The number of nitrogens with zero attached hydrogens (tertiary/aromatic N) is 1. The summed E-state index contributed by atoms with van der Waals surface area (Å²) in [7, 11) is -3.58. The van der Waals surface area contributed by atoms with Crippen molar-refractivity contribution in [2.75, 3.05) is 13.1 Å². The highest BCUT2D eigenvalue weighted by molar-refractivity contribution is 7.89. The van der Waals surface area contributed by atoms with Gasteiger partial charge in [0, 0.05) is 25.2 Å². The molecule has 1 fully saturated rings. The molecule has 1 N–H and O–H groups in total. The SMILES string of the molecule is Cc1ccc(S(=O)(=O)N2CCCC2)cc1C(=O)NCc1cccc(F)c1. The van der Waals surface area contributed by atoms with E-state index in [2.05, 4.69) is 5.32 Å². The number of halogens is 1. The van der Waals surface area contributed by atoms with Crippen molar-refractivity contribution in [3.05, 3.63) is 65.0 Å². The Labute approximate surface area is 152 Å². The molecule has 2 aromatic carbocycles. The molecule has 26 heavy (non-hydrogen) atoms. The summed E-state index contributed by atoms with van der Waals surface area (Å²) >= 11 is 0. The number of sulfonamides is 1. The van der Waals surface area contributed by atoms with Crippen LogP contribution >= 0.6 is 0 Å². The van der Waals surface area contributed by atoms with Crippen LogP contribution in [0.5, 0.6) is 0 Å². The minimum atomic E-state index is -3.58. The predicted octanol–water partition coefficient (Wildman–Crippen LogP) is 2.85. The molecule has 0 aliphatic carbocycles. The van der Waals surface area contributed by atoms with Crippen molar-refractivity contribution in [2.45, 2.75) is 31.2 Å². The lowest BCUT2D eigenvalue weighted by molar-refractivity contribution is 0.0950. The third-order valence-electron chi connectivity index (χ3n) is 4.50. The maximum atomic E-state index is 13.2. The second-order valence-corrected chi connectivity index (χ2v) is 8.34. The molecule has 5 nitrogen and oxygen atoms in total. The van der Waals surface area contributed by atoms with Crippen LogP contribution in [0.15, 0.2) is 47.4 Å². The Morgan fingerprint density at radius 1 is 1.15 bits per heavy atom. The standard InChI is InChI=1S/C19H21FN2O3S/c1-14-7-8-17(26(24,25)22-9-2-3-10-22)12-18(14)19(23)21-13-15-5-4-6-16(20)11-15/h4-8,11-12H,2-3,9-10,13H2,1H3,(H,21,23). The van der Waals surface area contributed by atoms with Gasteiger partial charge in [0.2, 0.25) is 10.0 Å². The van der Waals surface area contributed by atoms with Crippen LogP contribution in [-0.4, -0.2) is 31.7 Å². The smallest absolute Gasteiger partial charge is 0.251 e. The minimum Gasteiger partial charge on any atom is -0.348 e.